The standard InChI is InChI=1S/C17H24ClN3O3/c1-2-13-6-3-4-10-20(13)11-5-9-19-17(22)15-8-7-14(21(23)24)12-16(15)18/h7-8,12-13H,2-6,9-11H2,1H3,(H,19,22)/t13-/m0/s1. The highest BCUT2D eigenvalue weighted by Gasteiger charge is 2.20. The summed E-state index contributed by atoms with van der Waals surface area (Å²) in [5.74, 6) is -0.291. The van der Waals surface area contributed by atoms with Gasteiger partial charge in [-0.3, -0.25) is 14.9 Å². The van der Waals surface area contributed by atoms with E-state index in [0.717, 1.165) is 19.5 Å². The molecule has 1 N–H and O–H groups in total. The van der Waals surface area contributed by atoms with Gasteiger partial charge < -0.3 is 10.2 Å². The van der Waals surface area contributed by atoms with Crippen LogP contribution >= 0.6 is 11.6 Å². The molecule has 1 aromatic rings. The van der Waals surface area contributed by atoms with Crippen LogP contribution in [0.25, 0.3) is 0 Å². The lowest BCUT2D eigenvalue weighted by Gasteiger charge is -2.35. The predicted molar refractivity (Wildman–Crippen MR) is 94.6 cm³/mol. The van der Waals surface area contributed by atoms with Gasteiger partial charge in [0.2, 0.25) is 0 Å². The Labute approximate surface area is 147 Å². The number of halogens is 1. The summed E-state index contributed by atoms with van der Waals surface area (Å²) in [7, 11) is 0. The Kier molecular flexibility index (Phi) is 6.99. The number of hydrogen-bond donors (Lipinski definition) is 1. The Balaban J connectivity index is 1.80. The number of rotatable bonds is 7. The molecule has 1 saturated heterocycles. The third-order valence-electron chi connectivity index (χ3n) is 4.54. The molecule has 132 valence electrons. The van der Waals surface area contributed by atoms with Gasteiger partial charge in [-0.15, -0.1) is 0 Å². The summed E-state index contributed by atoms with van der Waals surface area (Å²) in [4.78, 5) is 24.8. The van der Waals surface area contributed by atoms with Crippen LogP contribution in [0.4, 0.5) is 5.69 Å². The number of carbonyl (C=O) groups is 1. The number of likely N-dealkylation sites (tertiary alicyclic amines) is 1. The molecule has 0 aliphatic carbocycles. The first-order valence-electron chi connectivity index (χ1n) is 8.49. The Morgan fingerprint density at radius 2 is 2.25 bits per heavy atom. The van der Waals surface area contributed by atoms with Crippen molar-refractivity contribution in [3.8, 4) is 0 Å². The van der Waals surface area contributed by atoms with E-state index in [-0.39, 0.29) is 22.2 Å². The monoisotopic (exact) mass is 353 g/mol. The Morgan fingerprint density at radius 3 is 2.92 bits per heavy atom. The zero-order chi connectivity index (χ0) is 17.5. The molecule has 1 aliphatic rings. The van der Waals surface area contributed by atoms with E-state index in [0.29, 0.717) is 12.6 Å². The lowest BCUT2D eigenvalue weighted by atomic mass is 10.00. The minimum atomic E-state index is -0.531. The average molecular weight is 354 g/mol. The summed E-state index contributed by atoms with van der Waals surface area (Å²) in [5.41, 5.74) is 0.152. The van der Waals surface area contributed by atoms with Crippen molar-refractivity contribution in [2.24, 2.45) is 0 Å². The van der Waals surface area contributed by atoms with Crippen molar-refractivity contribution in [3.63, 3.8) is 0 Å². The highest BCUT2D eigenvalue weighted by atomic mass is 35.5. The Bertz CT molecular complexity index is 594. The van der Waals surface area contributed by atoms with Crippen molar-refractivity contribution in [1.82, 2.24) is 10.2 Å². The molecule has 1 amide bonds. The number of benzene rings is 1. The maximum atomic E-state index is 12.1. The molecule has 1 atom stereocenters. The average Bonchev–Trinajstić information content (AvgIpc) is 2.58. The van der Waals surface area contributed by atoms with Crippen molar-refractivity contribution in [3.05, 3.63) is 38.9 Å². The highest BCUT2D eigenvalue weighted by molar-refractivity contribution is 6.34. The van der Waals surface area contributed by atoms with E-state index in [9.17, 15) is 14.9 Å². The fraction of sp³-hybridized carbons (Fsp3) is 0.588. The van der Waals surface area contributed by atoms with Crippen LogP contribution in [0.15, 0.2) is 18.2 Å². The number of nitro groups is 1. The van der Waals surface area contributed by atoms with Gasteiger partial charge in [0.25, 0.3) is 11.6 Å². The fourth-order valence-corrected chi connectivity index (χ4v) is 3.46. The first kappa shape index (κ1) is 18.7. The van der Waals surface area contributed by atoms with Gasteiger partial charge in [-0.2, -0.15) is 0 Å². The molecule has 1 fully saturated rings. The van der Waals surface area contributed by atoms with E-state index < -0.39 is 4.92 Å². The molecule has 6 nitrogen and oxygen atoms in total. The number of nitrogens with zero attached hydrogens (tertiary/aromatic N) is 2. The molecule has 1 heterocycles. The molecule has 1 aliphatic heterocycles. The molecule has 1 aromatic carbocycles. The Hall–Kier alpha value is -1.66. The number of non-ortho nitro benzene ring substituents is 1. The van der Waals surface area contributed by atoms with Gasteiger partial charge in [-0.25, -0.2) is 0 Å². The van der Waals surface area contributed by atoms with Crippen LogP contribution in [0.1, 0.15) is 49.4 Å². The van der Waals surface area contributed by atoms with Crippen molar-refractivity contribution in [2.45, 2.75) is 45.1 Å². The normalized spacial score (nSPS) is 18.3. The molecule has 0 spiro atoms. The summed E-state index contributed by atoms with van der Waals surface area (Å²) in [6, 6.07) is 4.56. The molecule has 7 heteroatoms. The smallest absolute Gasteiger partial charge is 0.270 e. The van der Waals surface area contributed by atoms with Crippen LogP contribution in [0.2, 0.25) is 5.02 Å². The van der Waals surface area contributed by atoms with Gasteiger partial charge in [0.1, 0.15) is 0 Å². The molecule has 2 rings (SSSR count). The molecule has 0 saturated carbocycles. The lowest BCUT2D eigenvalue weighted by molar-refractivity contribution is -0.384. The number of amides is 1. The van der Waals surface area contributed by atoms with Gasteiger partial charge in [-0.05, 0) is 38.3 Å². The number of carbonyl (C=O) groups excluding carboxylic acids is 1. The van der Waals surface area contributed by atoms with Gasteiger partial charge in [0.05, 0.1) is 15.5 Å². The number of nitro benzene ring substituents is 1. The predicted octanol–water partition coefficient (Wildman–Crippen LogP) is 3.63. The molecule has 24 heavy (non-hydrogen) atoms. The quantitative estimate of drug-likeness (QED) is 0.461. The lowest BCUT2D eigenvalue weighted by Crippen LogP contribution is -2.40. The molecule has 0 radical (unpaired) electrons. The third kappa shape index (κ3) is 4.92. The molecule has 0 bridgehead atoms. The van der Waals surface area contributed by atoms with Crippen LogP contribution in [-0.4, -0.2) is 41.4 Å². The summed E-state index contributed by atoms with van der Waals surface area (Å²) in [6.45, 7) is 4.91. The van der Waals surface area contributed by atoms with E-state index in [4.69, 9.17) is 11.6 Å². The fourth-order valence-electron chi connectivity index (χ4n) is 3.20. The summed E-state index contributed by atoms with van der Waals surface area (Å²) in [6.07, 6.45) is 5.88. The van der Waals surface area contributed by atoms with Gasteiger partial charge >= 0.3 is 0 Å². The van der Waals surface area contributed by atoms with Crippen LogP contribution < -0.4 is 5.32 Å². The largest absolute Gasteiger partial charge is 0.352 e. The molecule has 0 unspecified atom stereocenters. The first-order chi connectivity index (χ1) is 11.5. The third-order valence-corrected chi connectivity index (χ3v) is 4.85. The topological polar surface area (TPSA) is 75.5 Å². The second-order valence-electron chi connectivity index (χ2n) is 6.12. The van der Waals surface area contributed by atoms with E-state index in [2.05, 4.69) is 17.1 Å². The van der Waals surface area contributed by atoms with Gasteiger partial charge in [0.15, 0.2) is 0 Å². The maximum Gasteiger partial charge on any atom is 0.270 e. The summed E-state index contributed by atoms with van der Waals surface area (Å²) >= 11 is 5.97. The van der Waals surface area contributed by atoms with Crippen molar-refractivity contribution < 1.29 is 9.72 Å². The molecular weight excluding hydrogens is 330 g/mol. The SMILES string of the molecule is CC[C@H]1CCCCN1CCCNC(=O)c1ccc([N+](=O)[O-])cc1Cl. The van der Waals surface area contributed by atoms with Crippen LogP contribution in [0.3, 0.4) is 0 Å². The van der Waals surface area contributed by atoms with Crippen LogP contribution in [-0.2, 0) is 0 Å². The van der Waals surface area contributed by atoms with Crippen molar-refractivity contribution in [1.29, 1.82) is 0 Å². The van der Waals surface area contributed by atoms with Crippen molar-refractivity contribution >= 4 is 23.2 Å². The van der Waals surface area contributed by atoms with E-state index in [1.165, 1.54) is 43.9 Å². The maximum absolute atomic E-state index is 12.1. The number of piperidine rings is 1. The zero-order valence-corrected chi connectivity index (χ0v) is 14.7. The van der Waals surface area contributed by atoms with E-state index >= 15 is 0 Å². The molecule has 0 aromatic heterocycles. The minimum Gasteiger partial charge on any atom is -0.352 e. The zero-order valence-electron chi connectivity index (χ0n) is 14.0. The van der Waals surface area contributed by atoms with Crippen LogP contribution in [0, 0.1) is 10.1 Å². The highest BCUT2D eigenvalue weighted by Crippen LogP contribution is 2.22. The Morgan fingerprint density at radius 1 is 1.46 bits per heavy atom. The summed E-state index contributed by atoms with van der Waals surface area (Å²) < 4.78 is 0. The summed E-state index contributed by atoms with van der Waals surface area (Å²) in [5, 5.41) is 13.6. The van der Waals surface area contributed by atoms with Crippen molar-refractivity contribution in [2.75, 3.05) is 19.6 Å². The second-order valence-corrected chi connectivity index (χ2v) is 6.53. The van der Waals surface area contributed by atoms with E-state index in [1.807, 2.05) is 0 Å². The van der Waals surface area contributed by atoms with E-state index in [1.54, 1.807) is 0 Å². The second kappa shape index (κ2) is 8.99. The number of hydrogen-bond acceptors (Lipinski definition) is 4. The molecular formula is C17H24ClN3O3. The minimum absolute atomic E-state index is 0.101. The number of nitrogens with one attached hydrogen (secondary N) is 1. The van der Waals surface area contributed by atoms with Crippen LogP contribution in [0.5, 0.6) is 0 Å². The first-order valence-corrected chi connectivity index (χ1v) is 8.87. The van der Waals surface area contributed by atoms with Gasteiger partial charge in [0, 0.05) is 31.3 Å². The van der Waals surface area contributed by atoms with Gasteiger partial charge in [-0.1, -0.05) is 24.9 Å².